The summed E-state index contributed by atoms with van der Waals surface area (Å²) >= 11 is 0. The first-order valence-corrected chi connectivity index (χ1v) is 15.1. The van der Waals surface area contributed by atoms with Gasteiger partial charge in [0.05, 0.1) is 18.5 Å². The number of nitrogens with zero attached hydrogens (tertiary/aromatic N) is 2. The molecule has 5 rings (SSSR count). The van der Waals surface area contributed by atoms with Crippen LogP contribution in [0.15, 0.2) is 66.4 Å². The van der Waals surface area contributed by atoms with Crippen LogP contribution in [0, 0.1) is 23.2 Å². The minimum atomic E-state index is -0.0634. The van der Waals surface area contributed by atoms with Crippen LogP contribution in [0.5, 0.6) is 5.75 Å². The highest BCUT2D eigenvalue weighted by Gasteiger charge is 2.38. The largest absolute Gasteiger partial charge is 0.493 e. The smallest absolute Gasteiger partial charge is 0.255 e. The molecule has 1 saturated heterocycles. The summed E-state index contributed by atoms with van der Waals surface area (Å²) in [4.78, 5) is 30.9. The van der Waals surface area contributed by atoms with E-state index >= 15 is 0 Å². The summed E-state index contributed by atoms with van der Waals surface area (Å²) in [5, 5.41) is 3.04. The summed E-state index contributed by atoms with van der Waals surface area (Å²) < 4.78 is 5.94. The van der Waals surface area contributed by atoms with Crippen LogP contribution >= 0.6 is 0 Å². The van der Waals surface area contributed by atoms with Crippen LogP contribution in [0.3, 0.4) is 0 Å². The predicted molar refractivity (Wildman–Crippen MR) is 161 cm³/mol. The van der Waals surface area contributed by atoms with Crippen LogP contribution in [-0.2, 0) is 4.79 Å². The van der Waals surface area contributed by atoms with E-state index in [0.717, 1.165) is 67.4 Å². The number of aldehydes is 1. The number of ether oxygens (including phenoxy) is 1. The predicted octanol–water partition coefficient (Wildman–Crippen LogP) is 7.24. The molecule has 1 unspecified atom stereocenters. The maximum absolute atomic E-state index is 13.0. The van der Waals surface area contributed by atoms with E-state index in [-0.39, 0.29) is 5.91 Å². The van der Waals surface area contributed by atoms with Crippen LogP contribution in [0.25, 0.3) is 0 Å². The molecule has 1 aliphatic heterocycles. The zero-order valence-corrected chi connectivity index (χ0v) is 24.0. The summed E-state index contributed by atoms with van der Waals surface area (Å²) in [6.45, 7) is 7.19. The molecule has 2 aromatic rings. The van der Waals surface area contributed by atoms with Crippen molar-refractivity contribution in [3.8, 4) is 5.75 Å². The van der Waals surface area contributed by atoms with Crippen LogP contribution in [0.4, 0.5) is 11.5 Å². The van der Waals surface area contributed by atoms with Gasteiger partial charge in [0.2, 0.25) is 0 Å². The van der Waals surface area contributed by atoms with E-state index in [1.165, 1.54) is 32.1 Å². The van der Waals surface area contributed by atoms with Crippen molar-refractivity contribution in [3.05, 3.63) is 72.0 Å². The highest BCUT2D eigenvalue weighted by atomic mass is 16.5. The third-order valence-corrected chi connectivity index (χ3v) is 9.55. The number of hydrogen-bond acceptors (Lipinski definition) is 5. The van der Waals surface area contributed by atoms with E-state index in [1.807, 2.05) is 30.3 Å². The molecule has 0 spiro atoms. The van der Waals surface area contributed by atoms with Gasteiger partial charge in [-0.15, -0.1) is 0 Å². The number of pyridine rings is 1. The van der Waals surface area contributed by atoms with Gasteiger partial charge in [-0.05, 0) is 86.0 Å². The fourth-order valence-corrected chi connectivity index (χ4v) is 6.64. The molecule has 2 aliphatic carbocycles. The molecule has 40 heavy (non-hydrogen) atoms. The minimum absolute atomic E-state index is 0.0634. The van der Waals surface area contributed by atoms with E-state index in [4.69, 9.17) is 4.74 Å². The molecule has 0 radical (unpaired) electrons. The highest BCUT2D eigenvalue weighted by molar-refractivity contribution is 6.05. The molecule has 1 amide bonds. The Morgan fingerprint density at radius 2 is 1.95 bits per heavy atom. The number of rotatable bonds is 9. The van der Waals surface area contributed by atoms with Crippen molar-refractivity contribution in [2.75, 3.05) is 29.9 Å². The van der Waals surface area contributed by atoms with Crippen molar-refractivity contribution in [1.29, 1.82) is 0 Å². The lowest BCUT2D eigenvalue weighted by Crippen LogP contribution is -2.36. The Labute approximate surface area is 238 Å². The fraction of sp³-hybridized carbons (Fsp3) is 0.500. The molecule has 2 heterocycles. The molecule has 0 bridgehead atoms. The fourth-order valence-electron chi connectivity index (χ4n) is 6.64. The molecule has 1 aromatic heterocycles. The molecule has 6 nitrogen and oxygen atoms in total. The number of amides is 1. The third-order valence-electron chi connectivity index (χ3n) is 9.55. The van der Waals surface area contributed by atoms with E-state index in [2.05, 4.69) is 41.2 Å². The van der Waals surface area contributed by atoms with Crippen molar-refractivity contribution in [3.63, 3.8) is 0 Å². The molecule has 6 heteroatoms. The second kappa shape index (κ2) is 12.8. The monoisotopic (exact) mass is 541 g/mol. The van der Waals surface area contributed by atoms with Crippen molar-refractivity contribution < 1.29 is 14.3 Å². The standard InChI is InChI=1S/C34H43N3O3/c1-3-34(17-13-25(2)14-18-34)29-9-7-28(8-10-29)33(39)36-30-11-12-32(35-22-30)37-19-15-26(16-20-37)24-40-31-6-4-5-27(21-31)23-38/h4-9,11-12,21-23,25-26,29H,3,10,13-20,24H2,1-2H3,(H,36,39). The Balaban J connectivity index is 1.08. The van der Waals surface area contributed by atoms with Gasteiger partial charge >= 0.3 is 0 Å². The van der Waals surface area contributed by atoms with Crippen molar-refractivity contribution in [2.24, 2.45) is 23.2 Å². The maximum atomic E-state index is 13.0. The molecular formula is C34H43N3O3. The van der Waals surface area contributed by atoms with Gasteiger partial charge in [0.15, 0.2) is 0 Å². The molecule has 1 aromatic carbocycles. The number of benzene rings is 1. The number of piperidine rings is 1. The quantitative estimate of drug-likeness (QED) is 0.339. The molecule has 1 saturated carbocycles. The van der Waals surface area contributed by atoms with Gasteiger partial charge in [0.25, 0.3) is 5.91 Å². The first-order chi connectivity index (χ1) is 19.5. The second-order valence-electron chi connectivity index (χ2n) is 12.1. The van der Waals surface area contributed by atoms with Crippen LogP contribution < -0.4 is 15.0 Å². The van der Waals surface area contributed by atoms with Gasteiger partial charge < -0.3 is 15.0 Å². The summed E-state index contributed by atoms with van der Waals surface area (Å²) in [5.74, 6) is 3.46. The van der Waals surface area contributed by atoms with Gasteiger partial charge in [-0.2, -0.15) is 0 Å². The topological polar surface area (TPSA) is 71.5 Å². The SMILES string of the molecule is CCC1(C2C=CC(C(=O)Nc3ccc(N4CCC(COc5cccc(C=O)c5)CC4)nc3)=CC2)CCC(C)CC1. The average molecular weight is 542 g/mol. The first-order valence-electron chi connectivity index (χ1n) is 15.1. The molecule has 2 fully saturated rings. The zero-order valence-electron chi connectivity index (χ0n) is 24.0. The molecule has 1 N–H and O–H groups in total. The normalized spacial score (nSPS) is 25.2. The van der Waals surface area contributed by atoms with Crippen molar-refractivity contribution in [2.45, 2.75) is 65.2 Å². The van der Waals surface area contributed by atoms with E-state index in [0.29, 0.717) is 29.4 Å². The van der Waals surface area contributed by atoms with Gasteiger partial charge in [-0.25, -0.2) is 4.98 Å². The van der Waals surface area contributed by atoms with Gasteiger partial charge in [0.1, 0.15) is 17.9 Å². The zero-order chi connectivity index (χ0) is 28.0. The van der Waals surface area contributed by atoms with Crippen LogP contribution in [0.1, 0.15) is 75.6 Å². The highest BCUT2D eigenvalue weighted by Crippen LogP contribution is 2.49. The summed E-state index contributed by atoms with van der Waals surface area (Å²) in [6.07, 6.45) is 18.5. The lowest BCUT2D eigenvalue weighted by atomic mass is 9.61. The number of anilines is 2. The first kappa shape index (κ1) is 28.1. The summed E-state index contributed by atoms with van der Waals surface area (Å²) in [7, 11) is 0. The van der Waals surface area contributed by atoms with Crippen LogP contribution in [-0.4, -0.2) is 36.9 Å². The summed E-state index contributed by atoms with van der Waals surface area (Å²) in [6, 6.07) is 11.2. The molecule has 1 atom stereocenters. The molecular weight excluding hydrogens is 498 g/mol. The van der Waals surface area contributed by atoms with Gasteiger partial charge in [-0.3, -0.25) is 9.59 Å². The number of aromatic nitrogens is 1. The average Bonchev–Trinajstić information content (AvgIpc) is 3.01. The number of hydrogen-bond donors (Lipinski definition) is 1. The van der Waals surface area contributed by atoms with E-state index < -0.39 is 0 Å². The Bertz CT molecular complexity index is 1220. The summed E-state index contributed by atoms with van der Waals surface area (Å²) in [5.41, 5.74) is 2.49. The van der Waals surface area contributed by atoms with Crippen LogP contribution in [0.2, 0.25) is 0 Å². The van der Waals surface area contributed by atoms with Gasteiger partial charge in [0, 0.05) is 24.2 Å². The number of nitrogens with one attached hydrogen (secondary N) is 1. The molecule has 3 aliphatic rings. The Morgan fingerprint density at radius 3 is 2.60 bits per heavy atom. The maximum Gasteiger partial charge on any atom is 0.255 e. The number of carbonyl (C=O) groups excluding carboxylic acids is 2. The van der Waals surface area contributed by atoms with Crippen molar-refractivity contribution in [1.82, 2.24) is 4.98 Å². The van der Waals surface area contributed by atoms with E-state index in [9.17, 15) is 9.59 Å². The Hall–Kier alpha value is -3.41. The van der Waals surface area contributed by atoms with Crippen molar-refractivity contribution >= 4 is 23.7 Å². The number of carbonyl (C=O) groups is 2. The third kappa shape index (κ3) is 6.65. The second-order valence-corrected chi connectivity index (χ2v) is 12.1. The minimum Gasteiger partial charge on any atom is -0.493 e. The Kier molecular flexibility index (Phi) is 9.03. The number of allylic oxidation sites excluding steroid dienone is 2. The molecule has 212 valence electrons. The lowest BCUT2D eigenvalue weighted by Gasteiger charge is -2.44. The Morgan fingerprint density at radius 1 is 1.15 bits per heavy atom. The van der Waals surface area contributed by atoms with E-state index in [1.54, 1.807) is 18.3 Å². The lowest BCUT2D eigenvalue weighted by molar-refractivity contribution is -0.112. The van der Waals surface area contributed by atoms with Gasteiger partial charge in [-0.1, -0.05) is 57.0 Å².